The van der Waals surface area contributed by atoms with E-state index in [0.717, 1.165) is 15.2 Å². The number of aromatic carboxylic acids is 1. The number of hydrogen-bond donors (Lipinski definition) is 2. The van der Waals surface area contributed by atoms with E-state index in [2.05, 4.69) is 27.9 Å². The number of rotatable bonds is 3. The standard InChI is InChI=1S/C15H13FINO.C8H7FO2/c1-9-3-5-11(7-13(9)16)15(19)18-12-6-4-10(2)14(17)8-12;1-5-2-3-6(8(10)11)4-7(5)9/h3-8H,1-2H3,(H,18,19);2-4H,1H3,(H,10,11). The van der Waals surface area contributed by atoms with Gasteiger partial charge < -0.3 is 10.4 Å². The Morgan fingerprint density at radius 3 is 1.80 bits per heavy atom. The van der Waals surface area contributed by atoms with Gasteiger partial charge in [0.25, 0.3) is 5.91 Å². The molecular formula is C23H20F2INO3. The Kier molecular flexibility index (Phi) is 8.05. The molecule has 156 valence electrons. The molecule has 0 atom stereocenters. The van der Waals surface area contributed by atoms with Crippen LogP contribution < -0.4 is 5.32 Å². The Hall–Kier alpha value is -2.81. The molecule has 0 radical (unpaired) electrons. The van der Waals surface area contributed by atoms with Crippen LogP contribution in [0.25, 0.3) is 0 Å². The second-order valence-corrected chi connectivity index (χ2v) is 7.81. The van der Waals surface area contributed by atoms with Crippen molar-refractivity contribution in [2.24, 2.45) is 0 Å². The van der Waals surface area contributed by atoms with Crippen LogP contribution in [0.3, 0.4) is 0 Å². The first-order chi connectivity index (χ1) is 14.1. The lowest BCUT2D eigenvalue weighted by molar-refractivity contribution is 0.0696. The van der Waals surface area contributed by atoms with Crippen LogP contribution in [0.2, 0.25) is 0 Å². The van der Waals surface area contributed by atoms with Crippen molar-refractivity contribution in [2.45, 2.75) is 20.8 Å². The largest absolute Gasteiger partial charge is 0.478 e. The SMILES string of the molecule is Cc1ccc(C(=O)Nc2ccc(C)c(I)c2)cc1F.Cc1ccc(C(=O)O)cc1F. The van der Waals surface area contributed by atoms with E-state index in [1.807, 2.05) is 25.1 Å². The number of carboxylic acid groups (broad SMARTS) is 1. The molecule has 7 heteroatoms. The first kappa shape index (κ1) is 23.5. The Labute approximate surface area is 187 Å². The van der Waals surface area contributed by atoms with Crippen molar-refractivity contribution in [1.29, 1.82) is 0 Å². The van der Waals surface area contributed by atoms with Crippen molar-refractivity contribution in [3.63, 3.8) is 0 Å². The minimum Gasteiger partial charge on any atom is -0.478 e. The molecule has 0 saturated heterocycles. The van der Waals surface area contributed by atoms with Crippen LogP contribution in [0.15, 0.2) is 54.6 Å². The Balaban J connectivity index is 0.000000248. The Morgan fingerprint density at radius 1 is 0.800 bits per heavy atom. The van der Waals surface area contributed by atoms with Gasteiger partial charge in [-0.25, -0.2) is 13.6 Å². The zero-order chi connectivity index (χ0) is 22.4. The molecular weight excluding hydrogens is 503 g/mol. The highest BCUT2D eigenvalue weighted by Gasteiger charge is 2.09. The summed E-state index contributed by atoms with van der Waals surface area (Å²) in [4.78, 5) is 22.3. The van der Waals surface area contributed by atoms with Gasteiger partial charge in [0.2, 0.25) is 0 Å². The summed E-state index contributed by atoms with van der Waals surface area (Å²) in [5.41, 5.74) is 3.14. The smallest absolute Gasteiger partial charge is 0.335 e. The average Bonchev–Trinajstić information content (AvgIpc) is 2.69. The van der Waals surface area contributed by atoms with Crippen molar-refractivity contribution in [1.82, 2.24) is 0 Å². The zero-order valence-corrected chi connectivity index (χ0v) is 18.8. The van der Waals surface area contributed by atoms with Gasteiger partial charge in [-0.2, -0.15) is 0 Å². The van der Waals surface area contributed by atoms with Crippen LogP contribution in [0.1, 0.15) is 37.4 Å². The van der Waals surface area contributed by atoms with Gasteiger partial charge in [0, 0.05) is 14.8 Å². The highest BCUT2D eigenvalue weighted by atomic mass is 127. The van der Waals surface area contributed by atoms with Crippen molar-refractivity contribution in [2.75, 3.05) is 5.32 Å². The predicted octanol–water partition coefficient (Wildman–Crippen LogP) is 6.13. The number of benzene rings is 3. The van der Waals surface area contributed by atoms with Gasteiger partial charge in [-0.1, -0.05) is 18.2 Å². The molecule has 0 aromatic heterocycles. The minimum atomic E-state index is -1.11. The zero-order valence-electron chi connectivity index (χ0n) is 16.6. The second-order valence-electron chi connectivity index (χ2n) is 6.65. The number of hydrogen-bond acceptors (Lipinski definition) is 2. The fourth-order valence-electron chi connectivity index (χ4n) is 2.33. The van der Waals surface area contributed by atoms with Gasteiger partial charge in [0.1, 0.15) is 11.6 Å². The molecule has 1 amide bonds. The molecule has 3 aromatic carbocycles. The summed E-state index contributed by atoms with van der Waals surface area (Å²) in [7, 11) is 0. The summed E-state index contributed by atoms with van der Waals surface area (Å²) in [6.07, 6.45) is 0. The first-order valence-corrected chi connectivity index (χ1v) is 9.99. The molecule has 3 rings (SSSR count). The van der Waals surface area contributed by atoms with E-state index in [0.29, 0.717) is 22.4 Å². The van der Waals surface area contributed by atoms with Gasteiger partial charge >= 0.3 is 5.97 Å². The molecule has 30 heavy (non-hydrogen) atoms. The van der Waals surface area contributed by atoms with Crippen molar-refractivity contribution < 1.29 is 23.5 Å². The topological polar surface area (TPSA) is 66.4 Å². The van der Waals surface area contributed by atoms with E-state index in [-0.39, 0.29) is 17.3 Å². The molecule has 0 aliphatic rings. The maximum Gasteiger partial charge on any atom is 0.335 e. The highest BCUT2D eigenvalue weighted by Crippen LogP contribution is 2.18. The number of aryl methyl sites for hydroxylation is 3. The van der Waals surface area contributed by atoms with E-state index >= 15 is 0 Å². The predicted molar refractivity (Wildman–Crippen MR) is 121 cm³/mol. The molecule has 4 nitrogen and oxygen atoms in total. The lowest BCUT2D eigenvalue weighted by Crippen LogP contribution is -2.12. The van der Waals surface area contributed by atoms with E-state index in [1.54, 1.807) is 26.0 Å². The lowest BCUT2D eigenvalue weighted by Gasteiger charge is -2.07. The van der Waals surface area contributed by atoms with Gasteiger partial charge in [0.15, 0.2) is 0 Å². The quantitative estimate of drug-likeness (QED) is 0.406. The fourth-order valence-corrected chi connectivity index (χ4v) is 2.85. The molecule has 3 aromatic rings. The van der Waals surface area contributed by atoms with E-state index < -0.39 is 11.8 Å². The lowest BCUT2D eigenvalue weighted by atomic mass is 10.1. The molecule has 0 saturated carbocycles. The summed E-state index contributed by atoms with van der Waals surface area (Å²) in [5.74, 6) is -2.27. The molecule has 0 spiro atoms. The van der Waals surface area contributed by atoms with Crippen molar-refractivity contribution in [3.05, 3.63) is 97.6 Å². The van der Waals surface area contributed by atoms with Crippen LogP contribution in [-0.2, 0) is 0 Å². The average molecular weight is 523 g/mol. The van der Waals surface area contributed by atoms with Crippen LogP contribution in [0.5, 0.6) is 0 Å². The van der Waals surface area contributed by atoms with Gasteiger partial charge in [-0.05, 0) is 96.5 Å². The molecule has 0 aliphatic carbocycles. The van der Waals surface area contributed by atoms with Crippen LogP contribution >= 0.6 is 22.6 Å². The number of anilines is 1. The van der Waals surface area contributed by atoms with Crippen LogP contribution in [0, 0.1) is 36.0 Å². The maximum atomic E-state index is 13.4. The summed E-state index contributed by atoms with van der Waals surface area (Å²) in [6, 6.07) is 14.0. The summed E-state index contributed by atoms with van der Waals surface area (Å²) in [6.45, 7) is 5.25. The van der Waals surface area contributed by atoms with Gasteiger partial charge in [-0.3, -0.25) is 4.79 Å². The number of carbonyl (C=O) groups excluding carboxylic acids is 1. The normalized spacial score (nSPS) is 10.1. The minimum absolute atomic E-state index is 0.0203. The molecule has 2 N–H and O–H groups in total. The van der Waals surface area contributed by atoms with E-state index in [4.69, 9.17) is 5.11 Å². The Morgan fingerprint density at radius 2 is 1.30 bits per heavy atom. The molecule has 0 heterocycles. The summed E-state index contributed by atoms with van der Waals surface area (Å²) < 4.78 is 27.2. The Bertz CT molecular complexity index is 1100. The second kappa shape index (κ2) is 10.3. The molecule has 0 fully saturated rings. The monoisotopic (exact) mass is 523 g/mol. The van der Waals surface area contributed by atoms with Crippen molar-refractivity contribution in [3.8, 4) is 0 Å². The maximum absolute atomic E-state index is 13.4. The molecule has 0 bridgehead atoms. The summed E-state index contributed by atoms with van der Waals surface area (Å²) in [5, 5.41) is 11.2. The first-order valence-electron chi connectivity index (χ1n) is 8.91. The van der Waals surface area contributed by atoms with E-state index in [1.165, 1.54) is 18.2 Å². The highest BCUT2D eigenvalue weighted by molar-refractivity contribution is 14.1. The third kappa shape index (κ3) is 6.35. The summed E-state index contributed by atoms with van der Waals surface area (Å²) >= 11 is 2.21. The third-order valence-corrected chi connectivity index (χ3v) is 5.44. The molecule has 0 aliphatic heterocycles. The fraction of sp³-hybridized carbons (Fsp3) is 0.130. The van der Waals surface area contributed by atoms with E-state index in [9.17, 15) is 18.4 Å². The van der Waals surface area contributed by atoms with Gasteiger partial charge in [0.05, 0.1) is 5.56 Å². The number of nitrogens with one attached hydrogen (secondary N) is 1. The van der Waals surface area contributed by atoms with Crippen LogP contribution in [-0.4, -0.2) is 17.0 Å². The number of carbonyl (C=O) groups is 2. The number of carboxylic acids is 1. The third-order valence-electron chi connectivity index (χ3n) is 4.28. The van der Waals surface area contributed by atoms with Crippen molar-refractivity contribution >= 4 is 40.2 Å². The van der Waals surface area contributed by atoms with Crippen LogP contribution in [0.4, 0.5) is 14.5 Å². The van der Waals surface area contributed by atoms with Gasteiger partial charge in [-0.15, -0.1) is 0 Å². The molecule has 0 unspecified atom stereocenters. The number of amides is 1. The number of halogens is 3.